The molecule has 7 heterocycles. The number of hydrogen-bond acceptors (Lipinski definition) is 11. The Bertz CT molecular complexity index is 2550. The third kappa shape index (κ3) is 6.83. The Morgan fingerprint density at radius 2 is 1.82 bits per heavy atom. The minimum Gasteiger partial charge on any atom is -0.482 e. The number of H-pyrrole nitrogens is 2. The highest BCUT2D eigenvalue weighted by Crippen LogP contribution is 2.50. The minimum absolute atomic E-state index is 0.0622. The number of amides is 1. The highest BCUT2D eigenvalue weighted by molar-refractivity contribution is 5.91. The van der Waals surface area contributed by atoms with E-state index >= 15 is 0 Å². The summed E-state index contributed by atoms with van der Waals surface area (Å²) in [6.45, 7) is 2.33. The first kappa shape index (κ1) is 40.5. The first-order valence-corrected chi connectivity index (χ1v) is 20.8. The van der Waals surface area contributed by atoms with Crippen molar-refractivity contribution in [2.75, 3.05) is 19.8 Å². The van der Waals surface area contributed by atoms with Crippen molar-refractivity contribution in [1.29, 1.82) is 0 Å². The number of aliphatic hydroxyl groups is 5. The monoisotopic (exact) mass is 827 g/mol. The van der Waals surface area contributed by atoms with E-state index in [0.29, 0.717) is 58.6 Å². The van der Waals surface area contributed by atoms with E-state index in [1.54, 1.807) is 42.1 Å². The maximum atomic E-state index is 13.5. The largest absolute Gasteiger partial charge is 0.482 e. The van der Waals surface area contributed by atoms with Gasteiger partial charge in [0.05, 0.1) is 40.5 Å². The van der Waals surface area contributed by atoms with Crippen molar-refractivity contribution < 1.29 is 49.3 Å². The molecule has 2 aliphatic heterocycles. The molecule has 6 aromatic rings. The number of fused-ring (bicyclic) bond motifs is 4. The predicted octanol–water partition coefficient (Wildman–Crippen LogP) is 3.65. The Morgan fingerprint density at radius 3 is 2.60 bits per heavy atom. The third-order valence-corrected chi connectivity index (χ3v) is 13.6. The lowest BCUT2D eigenvalue weighted by Gasteiger charge is -2.44. The topological polar surface area (TPSA) is 230 Å². The van der Waals surface area contributed by atoms with Gasteiger partial charge in [0.1, 0.15) is 53.7 Å². The molecule has 16 nitrogen and oxygen atoms in total. The normalized spacial score (nSPS) is 24.1. The number of carbonyl (C=O) groups is 1. The number of carbonyl (C=O) groups excluding carboxylic acids is 1. The van der Waals surface area contributed by atoms with Crippen molar-refractivity contribution in [3.05, 3.63) is 82.9 Å². The van der Waals surface area contributed by atoms with Crippen LogP contribution in [0.5, 0.6) is 5.75 Å². The van der Waals surface area contributed by atoms with Crippen molar-refractivity contribution in [2.24, 2.45) is 11.3 Å². The molecule has 1 spiro atoms. The standard InChI is InChI=1S/C44H53N5O11/c1-25-16-33(51)29-17-27-18-36(60-57-23-35(53)44(56,40(54)34(52)22-50)24-48-15-9-30-32(48)8-14-45-30)42(2,12-6-28-19-47-41(55)43(28)10-4-3-5-11-43)59-38(27)37(39(29)58-25)49-20-26-7-13-46-31(26)21-49/h7-9,13-17,20-21,28,34-36,40,45-46,50,52-54,56H,3-6,10-12,18-19,22-24H2,1-2H3,(H,47,55). The number of aromatic nitrogens is 4. The molecule has 7 unspecified atom stereocenters. The van der Waals surface area contributed by atoms with Crippen LogP contribution in [0.4, 0.5) is 0 Å². The molecule has 5 aromatic heterocycles. The molecule has 1 saturated carbocycles. The van der Waals surface area contributed by atoms with Crippen molar-refractivity contribution >= 4 is 38.8 Å². The van der Waals surface area contributed by atoms with Gasteiger partial charge in [-0.3, -0.25) is 9.59 Å². The summed E-state index contributed by atoms with van der Waals surface area (Å²) in [6, 6.07) is 8.68. The van der Waals surface area contributed by atoms with Gasteiger partial charge in [0.15, 0.2) is 16.8 Å². The average Bonchev–Trinajstić information content (AvgIpc) is 4.07. The smallest absolute Gasteiger partial charge is 0.226 e. The number of aliphatic hydroxyl groups excluding tert-OH is 4. The summed E-state index contributed by atoms with van der Waals surface area (Å²) < 4.78 is 16.9. The Labute approximate surface area is 344 Å². The lowest BCUT2D eigenvalue weighted by atomic mass is 9.65. The third-order valence-electron chi connectivity index (χ3n) is 13.6. The molecule has 1 aliphatic carbocycles. The maximum absolute atomic E-state index is 13.5. The van der Waals surface area contributed by atoms with E-state index in [9.17, 15) is 35.1 Å². The molecule has 16 heteroatoms. The summed E-state index contributed by atoms with van der Waals surface area (Å²) in [4.78, 5) is 45.2. The van der Waals surface area contributed by atoms with E-state index in [1.165, 1.54) is 6.07 Å². The van der Waals surface area contributed by atoms with Crippen LogP contribution in [0.15, 0.2) is 70.5 Å². The van der Waals surface area contributed by atoms with Crippen LogP contribution in [0.1, 0.15) is 63.2 Å². The Hall–Kier alpha value is -4.94. The van der Waals surface area contributed by atoms with Gasteiger partial charge < -0.3 is 59.1 Å². The SMILES string of the molecule is Cc1cc(=O)c2cc3c(c(-n4cc5cc[nH]c5c4)c2o1)OC(C)(CCC1CNC(=O)C12CCCCC2)C(OOCC(O)C(O)(Cn1ccc2[nH]ccc21)C(O)C(O)CO)C3. The highest BCUT2D eigenvalue weighted by Gasteiger charge is 2.53. The molecule has 3 aliphatic rings. The summed E-state index contributed by atoms with van der Waals surface area (Å²) in [5.41, 5.74) is -0.290. The Balaban J connectivity index is 1.05. The fraction of sp³-hybridized carbons (Fsp3) is 0.500. The van der Waals surface area contributed by atoms with Gasteiger partial charge in [-0.25, -0.2) is 9.78 Å². The van der Waals surface area contributed by atoms with E-state index < -0.39 is 54.2 Å². The van der Waals surface area contributed by atoms with Crippen LogP contribution in [0.3, 0.4) is 0 Å². The zero-order chi connectivity index (χ0) is 42.0. The van der Waals surface area contributed by atoms with E-state index in [-0.39, 0.29) is 30.2 Å². The molecule has 0 radical (unpaired) electrons. The number of hydrogen-bond donors (Lipinski definition) is 8. The molecule has 1 saturated heterocycles. The molecular weight excluding hydrogens is 775 g/mol. The van der Waals surface area contributed by atoms with Crippen molar-refractivity contribution in [3.63, 3.8) is 0 Å². The van der Waals surface area contributed by atoms with Crippen LogP contribution in [-0.2, 0) is 27.5 Å². The average molecular weight is 828 g/mol. The van der Waals surface area contributed by atoms with Gasteiger partial charge in [-0.2, -0.15) is 0 Å². The molecular formula is C44H53N5O11. The van der Waals surface area contributed by atoms with Crippen LogP contribution >= 0.6 is 0 Å². The van der Waals surface area contributed by atoms with Gasteiger partial charge >= 0.3 is 0 Å². The second-order valence-corrected chi connectivity index (χ2v) is 17.4. The number of nitrogens with zero attached hydrogens (tertiary/aromatic N) is 2. The van der Waals surface area contributed by atoms with Gasteiger partial charge in [-0.15, -0.1) is 0 Å². The molecule has 0 bridgehead atoms. The molecule has 1 aromatic carbocycles. The van der Waals surface area contributed by atoms with E-state index in [0.717, 1.165) is 48.5 Å². The summed E-state index contributed by atoms with van der Waals surface area (Å²) in [7, 11) is 0. The van der Waals surface area contributed by atoms with Gasteiger partial charge in [0.2, 0.25) is 5.91 Å². The van der Waals surface area contributed by atoms with E-state index in [1.807, 2.05) is 36.1 Å². The van der Waals surface area contributed by atoms with Gasteiger partial charge in [0, 0.05) is 61.0 Å². The van der Waals surface area contributed by atoms with Crippen LogP contribution in [0.2, 0.25) is 0 Å². The lowest BCUT2D eigenvalue weighted by molar-refractivity contribution is -0.365. The van der Waals surface area contributed by atoms with Crippen LogP contribution in [0.25, 0.3) is 38.6 Å². The molecule has 8 N–H and O–H groups in total. The second-order valence-electron chi connectivity index (χ2n) is 17.4. The minimum atomic E-state index is -2.41. The van der Waals surface area contributed by atoms with E-state index in [4.69, 9.17) is 18.9 Å². The summed E-state index contributed by atoms with van der Waals surface area (Å²) in [6.07, 6.45) is 8.70. The van der Waals surface area contributed by atoms with Gasteiger partial charge in [-0.1, -0.05) is 19.3 Å². The van der Waals surface area contributed by atoms with Crippen LogP contribution in [-0.4, -0.2) is 106 Å². The maximum Gasteiger partial charge on any atom is 0.226 e. The van der Waals surface area contributed by atoms with Crippen LogP contribution in [0, 0.1) is 18.3 Å². The molecule has 1 amide bonds. The van der Waals surface area contributed by atoms with Crippen molar-refractivity contribution in [3.8, 4) is 11.4 Å². The Kier molecular flexibility index (Phi) is 10.5. The predicted molar refractivity (Wildman–Crippen MR) is 220 cm³/mol. The first-order valence-electron chi connectivity index (χ1n) is 20.8. The molecule has 7 atom stereocenters. The van der Waals surface area contributed by atoms with E-state index in [2.05, 4.69) is 15.3 Å². The number of ether oxygens (including phenoxy) is 1. The van der Waals surface area contributed by atoms with Gasteiger partial charge in [-0.05, 0) is 69.7 Å². The number of rotatable bonds is 14. The lowest BCUT2D eigenvalue weighted by Crippen LogP contribution is -2.61. The molecule has 60 heavy (non-hydrogen) atoms. The first-order chi connectivity index (χ1) is 28.8. The summed E-state index contributed by atoms with van der Waals surface area (Å²) >= 11 is 0. The number of nitrogens with one attached hydrogen (secondary N) is 3. The zero-order valence-corrected chi connectivity index (χ0v) is 33.7. The van der Waals surface area contributed by atoms with Crippen LogP contribution < -0.4 is 15.5 Å². The zero-order valence-electron chi connectivity index (χ0n) is 33.7. The fourth-order valence-electron chi connectivity index (χ4n) is 10.1. The quantitative estimate of drug-likeness (QED) is 0.0584. The molecule has 2 fully saturated rings. The number of benzene rings is 1. The second kappa shape index (κ2) is 15.5. The molecule has 320 valence electrons. The molecule has 9 rings (SSSR count). The summed E-state index contributed by atoms with van der Waals surface area (Å²) in [5, 5.41) is 59.2. The van der Waals surface area contributed by atoms with Crippen molar-refractivity contribution in [2.45, 2.75) is 107 Å². The summed E-state index contributed by atoms with van der Waals surface area (Å²) in [5.74, 6) is 1.12. The number of aromatic amines is 2. The Morgan fingerprint density at radius 1 is 1.03 bits per heavy atom. The van der Waals surface area contributed by atoms with Crippen molar-refractivity contribution in [1.82, 2.24) is 24.4 Å². The fourth-order valence-corrected chi connectivity index (χ4v) is 10.1. The number of aryl methyl sites for hydroxylation is 1. The van der Waals surface area contributed by atoms with Gasteiger partial charge in [0.25, 0.3) is 0 Å². The highest BCUT2D eigenvalue weighted by atomic mass is 17.2.